The van der Waals surface area contributed by atoms with Gasteiger partial charge in [0, 0.05) is 0 Å². The molecule has 7 nitrogen and oxygen atoms in total. The summed E-state index contributed by atoms with van der Waals surface area (Å²) in [6.07, 6.45) is 3.65. The second kappa shape index (κ2) is 7.68. The number of rotatable bonds is 7. The SMILES string of the molecule is C[C@@]1(OC(=O)[C@H](NC(=O)[C@@H](N)CC(=O)O)c2ccccc2)CC2CC[C@H]1C2. The highest BCUT2D eigenvalue weighted by Crippen LogP contribution is 2.52. The maximum Gasteiger partial charge on any atom is 0.333 e. The number of nitrogens with two attached hydrogens (primary N) is 1. The fourth-order valence-electron chi connectivity index (χ4n) is 4.42. The van der Waals surface area contributed by atoms with E-state index < -0.39 is 42.0 Å². The van der Waals surface area contributed by atoms with Crippen molar-refractivity contribution in [2.45, 2.75) is 56.7 Å². The molecule has 146 valence electrons. The van der Waals surface area contributed by atoms with Crippen molar-refractivity contribution in [1.29, 1.82) is 0 Å². The van der Waals surface area contributed by atoms with Crippen LogP contribution >= 0.6 is 0 Å². The number of benzene rings is 1. The van der Waals surface area contributed by atoms with E-state index in [2.05, 4.69) is 5.32 Å². The van der Waals surface area contributed by atoms with Gasteiger partial charge in [-0.15, -0.1) is 0 Å². The van der Waals surface area contributed by atoms with Crippen molar-refractivity contribution in [2.24, 2.45) is 17.6 Å². The van der Waals surface area contributed by atoms with E-state index in [0.29, 0.717) is 17.4 Å². The maximum absolute atomic E-state index is 13.0. The lowest BCUT2D eigenvalue weighted by Crippen LogP contribution is -2.47. The van der Waals surface area contributed by atoms with Crippen LogP contribution in [0.3, 0.4) is 0 Å². The number of carboxylic acids is 1. The molecular weight excluding hydrogens is 348 g/mol. The van der Waals surface area contributed by atoms with E-state index >= 15 is 0 Å². The summed E-state index contributed by atoms with van der Waals surface area (Å²) in [5, 5.41) is 11.4. The smallest absolute Gasteiger partial charge is 0.333 e. The van der Waals surface area contributed by atoms with Gasteiger partial charge in [-0.3, -0.25) is 9.59 Å². The first-order valence-corrected chi connectivity index (χ1v) is 9.34. The number of hydrogen-bond donors (Lipinski definition) is 3. The molecule has 2 bridgehead atoms. The predicted octanol–water partition coefficient (Wildman–Crippen LogP) is 1.77. The first kappa shape index (κ1) is 19.4. The van der Waals surface area contributed by atoms with Gasteiger partial charge < -0.3 is 20.9 Å². The average Bonchev–Trinajstić information content (AvgIpc) is 3.19. The molecular formula is C20H26N2O5. The fraction of sp³-hybridized carbons (Fsp3) is 0.550. The van der Waals surface area contributed by atoms with Crippen LogP contribution in [0.5, 0.6) is 0 Å². The minimum absolute atomic E-state index is 0.354. The Morgan fingerprint density at radius 3 is 2.56 bits per heavy atom. The third-order valence-corrected chi connectivity index (χ3v) is 5.82. The highest BCUT2D eigenvalue weighted by Gasteiger charge is 2.51. The molecule has 4 N–H and O–H groups in total. The molecule has 7 heteroatoms. The first-order valence-electron chi connectivity index (χ1n) is 9.34. The van der Waals surface area contributed by atoms with Crippen LogP contribution in [0.1, 0.15) is 50.6 Å². The third kappa shape index (κ3) is 4.30. The van der Waals surface area contributed by atoms with Crippen LogP contribution in [0.2, 0.25) is 0 Å². The molecule has 0 saturated heterocycles. The zero-order valence-electron chi connectivity index (χ0n) is 15.4. The minimum atomic E-state index is -1.24. The van der Waals surface area contributed by atoms with Crippen molar-refractivity contribution in [1.82, 2.24) is 5.32 Å². The van der Waals surface area contributed by atoms with Crippen LogP contribution in [0.15, 0.2) is 30.3 Å². The van der Waals surface area contributed by atoms with Gasteiger partial charge in [0.25, 0.3) is 0 Å². The predicted molar refractivity (Wildman–Crippen MR) is 97.5 cm³/mol. The molecule has 1 aromatic rings. The Labute approximate surface area is 158 Å². The van der Waals surface area contributed by atoms with Gasteiger partial charge in [0.15, 0.2) is 6.04 Å². The Kier molecular flexibility index (Phi) is 5.51. The number of amides is 1. The van der Waals surface area contributed by atoms with Gasteiger partial charge in [0.05, 0.1) is 12.5 Å². The fourth-order valence-corrected chi connectivity index (χ4v) is 4.42. The molecule has 1 aromatic carbocycles. The van der Waals surface area contributed by atoms with Crippen LogP contribution in [0, 0.1) is 11.8 Å². The molecule has 2 aliphatic carbocycles. The van der Waals surface area contributed by atoms with Crippen LogP contribution in [-0.4, -0.2) is 34.6 Å². The van der Waals surface area contributed by atoms with Crippen molar-refractivity contribution in [3.63, 3.8) is 0 Å². The molecule has 2 fully saturated rings. The summed E-state index contributed by atoms with van der Waals surface area (Å²) in [5.41, 5.74) is 5.70. The first-order chi connectivity index (χ1) is 12.8. The lowest BCUT2D eigenvalue weighted by atomic mass is 9.85. The summed E-state index contributed by atoms with van der Waals surface area (Å²) in [7, 11) is 0. The summed E-state index contributed by atoms with van der Waals surface area (Å²) >= 11 is 0. The molecule has 1 unspecified atom stereocenters. The van der Waals surface area contributed by atoms with Crippen molar-refractivity contribution < 1.29 is 24.2 Å². The van der Waals surface area contributed by atoms with Gasteiger partial charge in [-0.05, 0) is 50.0 Å². The van der Waals surface area contributed by atoms with E-state index in [1.807, 2.05) is 6.92 Å². The van der Waals surface area contributed by atoms with Gasteiger partial charge in [-0.25, -0.2) is 4.79 Å². The average molecular weight is 374 g/mol. The molecule has 2 saturated carbocycles. The normalized spacial score (nSPS) is 28.4. The zero-order chi connectivity index (χ0) is 19.6. The van der Waals surface area contributed by atoms with Gasteiger partial charge >= 0.3 is 11.9 Å². The highest BCUT2D eigenvalue weighted by atomic mass is 16.6. The summed E-state index contributed by atoms with van der Waals surface area (Å²) in [4.78, 5) is 36.1. The molecule has 5 atom stereocenters. The Hall–Kier alpha value is -2.41. The number of hydrogen-bond acceptors (Lipinski definition) is 5. The van der Waals surface area contributed by atoms with Crippen LogP contribution in [-0.2, 0) is 19.1 Å². The number of carbonyl (C=O) groups excluding carboxylic acids is 2. The third-order valence-electron chi connectivity index (χ3n) is 5.82. The van der Waals surface area contributed by atoms with Crippen LogP contribution in [0.25, 0.3) is 0 Å². The molecule has 27 heavy (non-hydrogen) atoms. The van der Waals surface area contributed by atoms with E-state index in [1.165, 1.54) is 6.42 Å². The molecule has 2 aliphatic rings. The Balaban J connectivity index is 1.75. The lowest BCUT2D eigenvalue weighted by Gasteiger charge is -2.35. The quantitative estimate of drug-likeness (QED) is 0.626. The number of aliphatic carboxylic acids is 1. The number of carbonyl (C=O) groups is 3. The molecule has 1 amide bonds. The van der Waals surface area contributed by atoms with E-state index in [1.54, 1.807) is 30.3 Å². The van der Waals surface area contributed by atoms with E-state index in [9.17, 15) is 14.4 Å². The van der Waals surface area contributed by atoms with E-state index in [0.717, 1.165) is 19.3 Å². The van der Waals surface area contributed by atoms with Gasteiger partial charge in [-0.2, -0.15) is 0 Å². The van der Waals surface area contributed by atoms with Gasteiger partial charge in [0.1, 0.15) is 5.60 Å². The number of nitrogens with one attached hydrogen (secondary N) is 1. The Morgan fingerprint density at radius 1 is 1.30 bits per heavy atom. The topological polar surface area (TPSA) is 119 Å². The number of esters is 1. The monoisotopic (exact) mass is 374 g/mol. The van der Waals surface area contributed by atoms with Crippen LogP contribution < -0.4 is 11.1 Å². The zero-order valence-corrected chi connectivity index (χ0v) is 15.4. The molecule has 0 heterocycles. The Bertz CT molecular complexity index is 722. The van der Waals surface area contributed by atoms with Crippen molar-refractivity contribution >= 4 is 17.8 Å². The molecule has 0 radical (unpaired) electrons. The largest absolute Gasteiger partial charge is 0.481 e. The second-order valence-corrected chi connectivity index (χ2v) is 7.87. The summed E-state index contributed by atoms with van der Waals surface area (Å²) < 4.78 is 5.90. The number of carboxylic acid groups (broad SMARTS) is 1. The number of ether oxygens (including phenoxy) is 1. The van der Waals surface area contributed by atoms with Gasteiger partial charge in [-0.1, -0.05) is 30.3 Å². The molecule has 0 aliphatic heterocycles. The van der Waals surface area contributed by atoms with E-state index in [4.69, 9.17) is 15.6 Å². The second-order valence-electron chi connectivity index (χ2n) is 7.87. The van der Waals surface area contributed by atoms with Crippen molar-refractivity contribution in [2.75, 3.05) is 0 Å². The van der Waals surface area contributed by atoms with Crippen LogP contribution in [0.4, 0.5) is 0 Å². The molecule has 0 aromatic heterocycles. The molecule has 3 rings (SSSR count). The van der Waals surface area contributed by atoms with E-state index in [-0.39, 0.29) is 0 Å². The number of fused-ring (bicyclic) bond motifs is 2. The summed E-state index contributed by atoms with van der Waals surface area (Å²) in [6.45, 7) is 1.97. The summed E-state index contributed by atoms with van der Waals surface area (Å²) in [6, 6.07) is 6.52. The van der Waals surface area contributed by atoms with Gasteiger partial charge in [0.2, 0.25) is 5.91 Å². The molecule has 0 spiro atoms. The standard InChI is InChI=1S/C20H26N2O5/c1-20(11-12-7-8-14(20)9-12)27-19(26)17(13-5-3-2-4-6-13)22-18(25)15(21)10-16(23)24/h2-6,12,14-15,17H,7-11,21H2,1H3,(H,22,25)(H,23,24)/t12?,14-,15-,17+,20+/m0/s1. The minimum Gasteiger partial charge on any atom is -0.481 e. The summed E-state index contributed by atoms with van der Waals surface area (Å²) in [5.74, 6) is -1.45. The maximum atomic E-state index is 13.0. The van der Waals surface area contributed by atoms with Crippen molar-refractivity contribution in [3.8, 4) is 0 Å². The van der Waals surface area contributed by atoms with Crippen molar-refractivity contribution in [3.05, 3.63) is 35.9 Å². The highest BCUT2D eigenvalue weighted by molar-refractivity contribution is 5.90. The Morgan fingerprint density at radius 2 is 2.00 bits per heavy atom. The lowest BCUT2D eigenvalue weighted by molar-refractivity contribution is -0.167.